The minimum atomic E-state index is -5.08. The molecule has 0 aliphatic carbocycles. The average molecular weight is 841 g/mol. The number of likely N-dealkylation sites (tertiary alicyclic amines) is 1. The molecule has 2 amide bonds. The van der Waals surface area contributed by atoms with E-state index in [1.807, 2.05) is 47.4 Å². The predicted molar refractivity (Wildman–Crippen MR) is 215 cm³/mol. The second kappa shape index (κ2) is 20.8. The van der Waals surface area contributed by atoms with Crippen LogP contribution in [0.25, 0.3) is 11.1 Å². The third-order valence-electron chi connectivity index (χ3n) is 10.4. The molecule has 0 saturated carbocycles. The summed E-state index contributed by atoms with van der Waals surface area (Å²) in [6, 6.07) is 28.6. The first-order valence-corrected chi connectivity index (χ1v) is 20.7. The second-order valence-corrected chi connectivity index (χ2v) is 16.2. The summed E-state index contributed by atoms with van der Waals surface area (Å²) in [7, 11) is 0. The number of carbonyl (C=O) groups excluding carboxylic acids is 2. The van der Waals surface area contributed by atoms with Gasteiger partial charge in [0.15, 0.2) is 0 Å². The number of alkyl halides is 3. The molecule has 0 radical (unpaired) electrons. The number of nitrogens with zero attached hydrogens (tertiary/aromatic N) is 2. The first-order chi connectivity index (χ1) is 26.5. The standard InChI is InChI=1S/C41H48BrN3O2S.C2HF3O2/c42-39-15-2-1-10-36(39)29-40(46)45(25-20-38-14-6-26-48-38)30-33-9-4-11-34(27-33)35-12-5-13-37(28-35)41(47)44-23-18-32(19-24-44)8-3-7-31-16-21-43-22-17-31;3-2(4,5)1(6)7/h1-2,4-6,9-15,26-28,31-32,43H,3,7-8,16-25,29-30H2;(H,6,7). The topological polar surface area (TPSA) is 90.0 Å². The van der Waals surface area contributed by atoms with Gasteiger partial charge in [-0.15, -0.1) is 11.3 Å². The number of rotatable bonds is 13. The molecule has 3 aromatic carbocycles. The number of amides is 2. The summed E-state index contributed by atoms with van der Waals surface area (Å²) in [4.78, 5) is 41.5. The summed E-state index contributed by atoms with van der Waals surface area (Å²) in [5.74, 6) is -0.857. The third kappa shape index (κ3) is 13.3. The lowest BCUT2D eigenvalue weighted by atomic mass is 9.87. The van der Waals surface area contributed by atoms with E-state index in [1.165, 1.54) is 50.1 Å². The van der Waals surface area contributed by atoms with Gasteiger partial charge in [-0.2, -0.15) is 13.2 Å². The number of piperidine rings is 2. The molecular formula is C43H49BrF3N3O4S. The summed E-state index contributed by atoms with van der Waals surface area (Å²) >= 11 is 5.35. The van der Waals surface area contributed by atoms with Crippen LogP contribution in [0.1, 0.15) is 71.3 Å². The molecule has 2 aliphatic heterocycles. The average Bonchev–Trinajstić information content (AvgIpc) is 3.72. The summed E-state index contributed by atoms with van der Waals surface area (Å²) in [6.07, 6.45) is 4.99. The molecule has 4 aromatic rings. The van der Waals surface area contributed by atoms with Gasteiger partial charge in [-0.25, -0.2) is 4.79 Å². The summed E-state index contributed by atoms with van der Waals surface area (Å²) in [6.45, 7) is 5.26. The number of aliphatic carboxylic acids is 1. The van der Waals surface area contributed by atoms with Crippen molar-refractivity contribution in [3.05, 3.63) is 116 Å². The highest BCUT2D eigenvalue weighted by molar-refractivity contribution is 9.10. The lowest BCUT2D eigenvalue weighted by Gasteiger charge is -2.32. The Morgan fingerprint density at radius 3 is 2.16 bits per heavy atom. The summed E-state index contributed by atoms with van der Waals surface area (Å²) in [5, 5.41) is 12.7. The van der Waals surface area contributed by atoms with Crippen molar-refractivity contribution in [1.82, 2.24) is 15.1 Å². The Morgan fingerprint density at radius 1 is 0.855 bits per heavy atom. The second-order valence-electron chi connectivity index (χ2n) is 14.4. The molecule has 0 spiro atoms. The van der Waals surface area contributed by atoms with Gasteiger partial charge in [0.05, 0.1) is 6.42 Å². The Kier molecular flexibility index (Phi) is 15.9. The van der Waals surface area contributed by atoms with Crippen molar-refractivity contribution < 1.29 is 32.7 Å². The maximum absolute atomic E-state index is 13.7. The van der Waals surface area contributed by atoms with Gasteiger partial charge >= 0.3 is 12.1 Å². The highest BCUT2D eigenvalue weighted by atomic mass is 79.9. The van der Waals surface area contributed by atoms with E-state index in [-0.39, 0.29) is 11.8 Å². The van der Waals surface area contributed by atoms with E-state index in [2.05, 4.69) is 74.0 Å². The molecule has 7 nitrogen and oxygen atoms in total. The summed E-state index contributed by atoms with van der Waals surface area (Å²) in [5.41, 5.74) is 4.92. The number of halogens is 4. The fraction of sp³-hybridized carbons (Fsp3) is 0.419. The molecule has 0 atom stereocenters. The largest absolute Gasteiger partial charge is 0.490 e. The van der Waals surface area contributed by atoms with E-state index < -0.39 is 12.1 Å². The Balaban J connectivity index is 0.000000757. The highest BCUT2D eigenvalue weighted by Crippen LogP contribution is 2.28. The number of hydrogen-bond acceptors (Lipinski definition) is 5. The van der Waals surface area contributed by atoms with Crippen molar-refractivity contribution in [3.8, 4) is 11.1 Å². The van der Waals surface area contributed by atoms with E-state index in [1.54, 1.807) is 11.3 Å². The lowest BCUT2D eigenvalue weighted by Crippen LogP contribution is -2.38. The fourth-order valence-electron chi connectivity index (χ4n) is 7.28. The van der Waals surface area contributed by atoms with Gasteiger partial charge in [0.25, 0.3) is 5.91 Å². The third-order valence-corrected chi connectivity index (χ3v) is 12.1. The van der Waals surface area contributed by atoms with Crippen molar-refractivity contribution in [1.29, 1.82) is 0 Å². The van der Waals surface area contributed by atoms with Crippen LogP contribution in [0.4, 0.5) is 13.2 Å². The molecule has 0 bridgehead atoms. The first-order valence-electron chi connectivity index (χ1n) is 19.0. The Hall–Kier alpha value is -4.00. The van der Waals surface area contributed by atoms with Crippen LogP contribution in [-0.4, -0.2) is 71.6 Å². The molecular weight excluding hydrogens is 791 g/mol. The van der Waals surface area contributed by atoms with Crippen molar-refractivity contribution >= 4 is 45.1 Å². The van der Waals surface area contributed by atoms with Gasteiger partial charge in [-0.3, -0.25) is 9.59 Å². The maximum atomic E-state index is 13.7. The van der Waals surface area contributed by atoms with Crippen molar-refractivity contribution in [2.24, 2.45) is 11.8 Å². The zero-order chi connectivity index (χ0) is 39.2. The number of hydrogen-bond donors (Lipinski definition) is 2. The number of carbonyl (C=O) groups is 3. The SMILES string of the molecule is O=C(Cc1ccccc1Br)N(CCc1cccs1)Cc1cccc(-c2cccc(C(=O)N3CCC(CCCC4CCNCC4)CC3)c2)c1.O=C(O)C(F)(F)F. The molecule has 2 saturated heterocycles. The van der Waals surface area contributed by atoms with Crippen molar-refractivity contribution in [2.75, 3.05) is 32.7 Å². The molecule has 6 rings (SSSR count). The number of thiophene rings is 1. The van der Waals surface area contributed by atoms with E-state index in [0.29, 0.717) is 19.5 Å². The molecule has 12 heteroatoms. The molecule has 2 N–H and O–H groups in total. The van der Waals surface area contributed by atoms with E-state index in [4.69, 9.17) is 9.90 Å². The highest BCUT2D eigenvalue weighted by Gasteiger charge is 2.38. The molecule has 3 heterocycles. The van der Waals surface area contributed by atoms with Crippen molar-refractivity contribution in [2.45, 2.75) is 70.5 Å². The minimum absolute atomic E-state index is 0.113. The predicted octanol–water partition coefficient (Wildman–Crippen LogP) is 9.65. The van der Waals surface area contributed by atoms with E-state index >= 15 is 0 Å². The van der Waals surface area contributed by atoms with Crippen molar-refractivity contribution in [3.63, 3.8) is 0 Å². The normalized spacial score (nSPS) is 15.2. The Morgan fingerprint density at radius 2 is 1.51 bits per heavy atom. The summed E-state index contributed by atoms with van der Waals surface area (Å²) < 4.78 is 32.7. The van der Waals surface area contributed by atoms with Gasteiger partial charge in [-0.05, 0) is 115 Å². The van der Waals surface area contributed by atoms with Crippen LogP contribution in [0.5, 0.6) is 0 Å². The molecule has 2 aliphatic rings. The first kappa shape index (κ1) is 42.1. The van der Waals surface area contributed by atoms with Crippen LogP contribution >= 0.6 is 27.3 Å². The van der Waals surface area contributed by atoms with Gasteiger partial charge in [0.1, 0.15) is 0 Å². The zero-order valence-corrected chi connectivity index (χ0v) is 33.3. The van der Waals surface area contributed by atoms with Gasteiger partial charge in [0, 0.05) is 41.1 Å². The van der Waals surface area contributed by atoms with E-state index in [0.717, 1.165) is 76.5 Å². The van der Waals surface area contributed by atoms with Crippen LogP contribution in [0.3, 0.4) is 0 Å². The smallest absolute Gasteiger partial charge is 0.475 e. The molecule has 2 fully saturated rings. The Labute approximate surface area is 334 Å². The number of nitrogens with one attached hydrogen (secondary N) is 1. The van der Waals surface area contributed by atoms with Crippen LogP contribution in [0, 0.1) is 11.8 Å². The zero-order valence-electron chi connectivity index (χ0n) is 30.9. The quantitative estimate of drug-likeness (QED) is 0.140. The molecule has 55 heavy (non-hydrogen) atoms. The van der Waals surface area contributed by atoms with Crippen LogP contribution < -0.4 is 5.32 Å². The number of carboxylic acids is 1. The number of carboxylic acid groups (broad SMARTS) is 1. The van der Waals surface area contributed by atoms with Gasteiger partial charge in [-0.1, -0.05) is 89.8 Å². The number of benzene rings is 3. The van der Waals surface area contributed by atoms with Crippen LogP contribution in [0.2, 0.25) is 0 Å². The maximum Gasteiger partial charge on any atom is 0.490 e. The Bertz CT molecular complexity index is 1840. The van der Waals surface area contributed by atoms with Gasteiger partial charge in [0.2, 0.25) is 5.91 Å². The van der Waals surface area contributed by atoms with E-state index in [9.17, 15) is 22.8 Å². The molecule has 0 unspecified atom stereocenters. The fourth-order valence-corrected chi connectivity index (χ4v) is 8.41. The lowest BCUT2D eigenvalue weighted by molar-refractivity contribution is -0.192. The van der Waals surface area contributed by atoms with Crippen LogP contribution in [0.15, 0.2) is 94.8 Å². The van der Waals surface area contributed by atoms with Gasteiger partial charge < -0.3 is 20.2 Å². The monoisotopic (exact) mass is 839 g/mol. The molecule has 1 aromatic heterocycles. The van der Waals surface area contributed by atoms with Crippen LogP contribution in [-0.2, 0) is 29.0 Å². The molecule has 294 valence electrons. The minimum Gasteiger partial charge on any atom is -0.475 e.